The molecule has 0 atom stereocenters. The van der Waals surface area contributed by atoms with E-state index in [4.69, 9.17) is 11.6 Å². The summed E-state index contributed by atoms with van der Waals surface area (Å²) in [4.78, 5) is 15.1. The standard InChI is InChI=1S/C23H28ClN3O3S/c24-21-12-7-18(17-22(21)31(29,30)27-15-5-2-6-16-27)23(28)25-19-8-10-20(11-9-19)26-13-3-1-4-14-26/h7-12,17H,1-6,13-16H2,(H,25,28). The van der Waals surface area contributed by atoms with Crippen LogP contribution in [0, 0.1) is 0 Å². The zero-order valence-corrected chi connectivity index (χ0v) is 19.1. The third-order valence-corrected chi connectivity index (χ3v) is 8.35. The number of halogens is 1. The van der Waals surface area contributed by atoms with Crippen LogP contribution in [0.25, 0.3) is 0 Å². The fraction of sp³-hybridized carbons (Fsp3) is 0.435. The predicted molar refractivity (Wildman–Crippen MR) is 125 cm³/mol. The van der Waals surface area contributed by atoms with Gasteiger partial charge in [0.25, 0.3) is 5.91 Å². The third-order valence-electron chi connectivity index (χ3n) is 5.97. The summed E-state index contributed by atoms with van der Waals surface area (Å²) in [5.41, 5.74) is 2.08. The monoisotopic (exact) mass is 461 g/mol. The molecule has 31 heavy (non-hydrogen) atoms. The molecule has 0 aliphatic carbocycles. The molecule has 6 nitrogen and oxygen atoms in total. The molecule has 166 valence electrons. The second-order valence-electron chi connectivity index (χ2n) is 8.16. The molecule has 2 aliphatic heterocycles. The Hall–Kier alpha value is -2.09. The van der Waals surface area contributed by atoms with Crippen molar-refractivity contribution in [2.75, 3.05) is 36.4 Å². The van der Waals surface area contributed by atoms with Crippen molar-refractivity contribution in [3.05, 3.63) is 53.1 Å². The Morgan fingerprint density at radius 2 is 1.45 bits per heavy atom. The lowest BCUT2D eigenvalue weighted by Gasteiger charge is -2.28. The number of carbonyl (C=O) groups excluding carboxylic acids is 1. The van der Waals surface area contributed by atoms with Crippen molar-refractivity contribution < 1.29 is 13.2 Å². The third kappa shape index (κ3) is 5.05. The molecule has 0 saturated carbocycles. The molecule has 1 amide bonds. The van der Waals surface area contributed by atoms with Gasteiger partial charge in [-0.25, -0.2) is 8.42 Å². The summed E-state index contributed by atoms with van der Waals surface area (Å²) < 4.78 is 27.5. The van der Waals surface area contributed by atoms with Crippen molar-refractivity contribution in [3.63, 3.8) is 0 Å². The first-order chi connectivity index (χ1) is 14.9. The number of nitrogens with zero attached hydrogens (tertiary/aromatic N) is 2. The molecule has 0 radical (unpaired) electrons. The molecule has 0 spiro atoms. The van der Waals surface area contributed by atoms with E-state index in [0.717, 1.165) is 38.0 Å². The topological polar surface area (TPSA) is 69.7 Å². The van der Waals surface area contributed by atoms with Gasteiger partial charge in [0.05, 0.1) is 5.02 Å². The van der Waals surface area contributed by atoms with Gasteiger partial charge in [-0.1, -0.05) is 18.0 Å². The molecule has 2 heterocycles. The van der Waals surface area contributed by atoms with Gasteiger partial charge in [-0.15, -0.1) is 0 Å². The first kappa shape index (κ1) is 22.1. The largest absolute Gasteiger partial charge is 0.372 e. The van der Waals surface area contributed by atoms with Crippen LogP contribution in [0.3, 0.4) is 0 Å². The van der Waals surface area contributed by atoms with Crippen molar-refractivity contribution >= 4 is 38.9 Å². The number of anilines is 2. The van der Waals surface area contributed by atoms with Crippen molar-refractivity contribution in [2.45, 2.75) is 43.4 Å². The molecule has 0 bridgehead atoms. The molecule has 2 aliphatic rings. The lowest BCUT2D eigenvalue weighted by molar-refractivity contribution is 0.102. The predicted octanol–water partition coefficient (Wildman–Crippen LogP) is 4.76. The van der Waals surface area contributed by atoms with Gasteiger partial charge < -0.3 is 10.2 Å². The average Bonchev–Trinajstić information content (AvgIpc) is 2.81. The highest BCUT2D eigenvalue weighted by molar-refractivity contribution is 7.89. The fourth-order valence-electron chi connectivity index (χ4n) is 4.20. The van der Waals surface area contributed by atoms with E-state index < -0.39 is 10.0 Å². The van der Waals surface area contributed by atoms with Crippen LogP contribution < -0.4 is 10.2 Å². The molecular weight excluding hydrogens is 434 g/mol. The summed E-state index contributed by atoms with van der Waals surface area (Å²) in [6.45, 7) is 3.09. The van der Waals surface area contributed by atoms with E-state index in [1.807, 2.05) is 24.3 Å². The molecule has 0 aromatic heterocycles. The van der Waals surface area contributed by atoms with Crippen LogP contribution in [0.15, 0.2) is 47.4 Å². The van der Waals surface area contributed by atoms with E-state index in [-0.39, 0.29) is 21.4 Å². The van der Waals surface area contributed by atoms with Crippen LogP contribution in [-0.4, -0.2) is 44.8 Å². The first-order valence-electron chi connectivity index (χ1n) is 10.9. The van der Waals surface area contributed by atoms with Crippen LogP contribution >= 0.6 is 11.6 Å². The number of hydrogen-bond donors (Lipinski definition) is 1. The smallest absolute Gasteiger partial charge is 0.255 e. The van der Waals surface area contributed by atoms with E-state index in [2.05, 4.69) is 10.2 Å². The van der Waals surface area contributed by atoms with Crippen LogP contribution in [0.4, 0.5) is 11.4 Å². The zero-order chi connectivity index (χ0) is 21.8. The number of carbonyl (C=O) groups is 1. The Morgan fingerprint density at radius 3 is 2.10 bits per heavy atom. The SMILES string of the molecule is O=C(Nc1ccc(N2CCCCC2)cc1)c1ccc(Cl)c(S(=O)(=O)N2CCCCC2)c1. The van der Waals surface area contributed by atoms with Crippen molar-refractivity contribution in [3.8, 4) is 0 Å². The molecule has 2 saturated heterocycles. The highest BCUT2D eigenvalue weighted by Gasteiger charge is 2.28. The maximum absolute atomic E-state index is 13.0. The minimum Gasteiger partial charge on any atom is -0.372 e. The Balaban J connectivity index is 1.49. The van der Waals surface area contributed by atoms with E-state index in [1.54, 1.807) is 6.07 Å². The zero-order valence-electron chi connectivity index (χ0n) is 17.5. The number of rotatable bonds is 5. The van der Waals surface area contributed by atoms with Crippen LogP contribution in [0.1, 0.15) is 48.9 Å². The number of benzene rings is 2. The Kier molecular flexibility index (Phi) is 6.84. The van der Waals surface area contributed by atoms with Crippen molar-refractivity contribution in [1.29, 1.82) is 0 Å². The Labute approximate surface area is 189 Å². The first-order valence-corrected chi connectivity index (χ1v) is 12.7. The van der Waals surface area contributed by atoms with Gasteiger partial charge >= 0.3 is 0 Å². The van der Waals surface area contributed by atoms with Gasteiger partial charge in [0.1, 0.15) is 4.90 Å². The molecule has 2 fully saturated rings. The van der Waals surface area contributed by atoms with Gasteiger partial charge in [0.2, 0.25) is 10.0 Å². The summed E-state index contributed by atoms with van der Waals surface area (Å²) in [6, 6.07) is 12.2. The normalized spacial score (nSPS) is 18.0. The number of piperidine rings is 2. The van der Waals surface area contributed by atoms with Crippen LogP contribution in [0.5, 0.6) is 0 Å². The molecule has 4 rings (SSSR count). The maximum atomic E-state index is 13.0. The molecule has 8 heteroatoms. The van der Waals surface area contributed by atoms with Gasteiger partial charge in [-0.3, -0.25) is 4.79 Å². The average molecular weight is 462 g/mol. The fourth-order valence-corrected chi connectivity index (χ4v) is 6.22. The molecular formula is C23H28ClN3O3S. The molecule has 0 unspecified atom stereocenters. The van der Waals surface area contributed by atoms with Crippen LogP contribution in [-0.2, 0) is 10.0 Å². The Bertz CT molecular complexity index is 1030. The summed E-state index contributed by atoms with van der Waals surface area (Å²) in [7, 11) is -3.72. The summed E-state index contributed by atoms with van der Waals surface area (Å²) in [6.07, 6.45) is 6.39. The lowest BCUT2D eigenvalue weighted by Crippen LogP contribution is -2.35. The lowest BCUT2D eigenvalue weighted by atomic mass is 10.1. The highest BCUT2D eigenvalue weighted by atomic mass is 35.5. The molecule has 1 N–H and O–H groups in total. The minimum absolute atomic E-state index is 0.0100. The number of amides is 1. The Morgan fingerprint density at radius 1 is 0.839 bits per heavy atom. The number of sulfonamides is 1. The number of hydrogen-bond acceptors (Lipinski definition) is 4. The number of nitrogens with one attached hydrogen (secondary N) is 1. The van der Waals surface area contributed by atoms with E-state index >= 15 is 0 Å². The molecule has 2 aromatic rings. The van der Waals surface area contributed by atoms with E-state index in [0.29, 0.717) is 18.8 Å². The van der Waals surface area contributed by atoms with Crippen molar-refractivity contribution in [1.82, 2.24) is 4.31 Å². The van der Waals surface area contributed by atoms with Crippen molar-refractivity contribution in [2.24, 2.45) is 0 Å². The minimum atomic E-state index is -3.72. The van der Waals surface area contributed by atoms with E-state index in [1.165, 1.54) is 35.7 Å². The second-order valence-corrected chi connectivity index (χ2v) is 10.5. The molecule has 2 aromatic carbocycles. The second kappa shape index (κ2) is 9.59. The van der Waals surface area contributed by atoms with Crippen LogP contribution in [0.2, 0.25) is 5.02 Å². The maximum Gasteiger partial charge on any atom is 0.255 e. The summed E-state index contributed by atoms with van der Waals surface area (Å²) >= 11 is 6.21. The van der Waals surface area contributed by atoms with Gasteiger partial charge in [0, 0.05) is 43.1 Å². The van der Waals surface area contributed by atoms with E-state index in [9.17, 15) is 13.2 Å². The quantitative estimate of drug-likeness (QED) is 0.697. The van der Waals surface area contributed by atoms with Gasteiger partial charge in [-0.2, -0.15) is 4.31 Å². The highest BCUT2D eigenvalue weighted by Crippen LogP contribution is 2.28. The summed E-state index contributed by atoms with van der Waals surface area (Å²) in [5, 5.41) is 2.99. The summed E-state index contributed by atoms with van der Waals surface area (Å²) in [5.74, 6) is -0.363. The van der Waals surface area contributed by atoms with Gasteiger partial charge in [0.15, 0.2) is 0 Å². The van der Waals surface area contributed by atoms with Gasteiger partial charge in [-0.05, 0) is 74.6 Å².